The molecule has 0 atom stereocenters. The Morgan fingerprint density at radius 2 is 1.78 bits per heavy atom. The number of para-hydroxylation sites is 1. The lowest BCUT2D eigenvalue weighted by Gasteiger charge is -2.20. The second kappa shape index (κ2) is 11.2. The first-order chi connectivity index (χ1) is 12.8. The molecule has 0 aliphatic carbocycles. The van der Waals surface area contributed by atoms with Crippen LogP contribution in [0.15, 0.2) is 23.2 Å². The zero-order chi connectivity index (χ0) is 20.3. The highest BCUT2D eigenvalue weighted by Gasteiger charge is 2.15. The highest BCUT2D eigenvalue weighted by atomic mass is 16.6. The van der Waals surface area contributed by atoms with Crippen LogP contribution in [0.5, 0.6) is 11.5 Å². The minimum atomic E-state index is -0.510. The average molecular weight is 380 g/mol. The van der Waals surface area contributed by atoms with Crippen LogP contribution in [0.1, 0.15) is 33.3 Å². The van der Waals surface area contributed by atoms with Crippen LogP contribution in [0.2, 0.25) is 0 Å². The van der Waals surface area contributed by atoms with E-state index in [4.69, 9.17) is 14.2 Å². The number of amides is 1. The number of nitrogens with zero attached hydrogens (tertiary/aromatic N) is 1. The molecular formula is C19H32N4O4. The van der Waals surface area contributed by atoms with Gasteiger partial charge in [-0.1, -0.05) is 12.1 Å². The molecule has 8 heteroatoms. The van der Waals surface area contributed by atoms with E-state index in [0.29, 0.717) is 37.1 Å². The van der Waals surface area contributed by atoms with E-state index in [2.05, 4.69) is 20.9 Å². The quantitative estimate of drug-likeness (QED) is 0.364. The SMILES string of the molecule is CCNC(=NCc1cccc(OC)c1OC)NCCNC(=O)OC(C)(C)C. The zero-order valence-electron chi connectivity index (χ0n) is 17.1. The molecule has 0 aliphatic rings. The summed E-state index contributed by atoms with van der Waals surface area (Å²) in [7, 11) is 3.21. The Morgan fingerprint density at radius 3 is 2.37 bits per heavy atom. The molecule has 0 bridgehead atoms. The number of alkyl carbamates (subject to hydrolysis) is 1. The van der Waals surface area contributed by atoms with Crippen molar-refractivity contribution in [1.29, 1.82) is 0 Å². The number of guanidine groups is 1. The summed E-state index contributed by atoms with van der Waals surface area (Å²) >= 11 is 0. The first kappa shape index (κ1) is 22.4. The van der Waals surface area contributed by atoms with Crippen molar-refractivity contribution in [2.45, 2.75) is 39.8 Å². The van der Waals surface area contributed by atoms with Gasteiger partial charge in [-0.3, -0.25) is 0 Å². The normalized spacial score (nSPS) is 11.6. The van der Waals surface area contributed by atoms with Gasteiger partial charge in [-0.05, 0) is 33.8 Å². The van der Waals surface area contributed by atoms with Gasteiger partial charge >= 0.3 is 6.09 Å². The van der Waals surface area contributed by atoms with Gasteiger partial charge in [-0.15, -0.1) is 0 Å². The van der Waals surface area contributed by atoms with E-state index in [9.17, 15) is 4.79 Å². The maximum absolute atomic E-state index is 11.6. The first-order valence-corrected chi connectivity index (χ1v) is 8.99. The molecule has 3 N–H and O–H groups in total. The number of methoxy groups -OCH3 is 2. The molecule has 0 spiro atoms. The number of hydrogen-bond acceptors (Lipinski definition) is 5. The summed E-state index contributed by atoms with van der Waals surface area (Å²) < 4.78 is 15.9. The minimum absolute atomic E-state index is 0.418. The van der Waals surface area contributed by atoms with Gasteiger partial charge in [0.1, 0.15) is 5.60 Å². The van der Waals surface area contributed by atoms with Crippen LogP contribution in [0, 0.1) is 0 Å². The predicted molar refractivity (Wildman–Crippen MR) is 107 cm³/mol. The van der Waals surface area contributed by atoms with Crippen LogP contribution >= 0.6 is 0 Å². The number of carbonyl (C=O) groups excluding carboxylic acids is 1. The van der Waals surface area contributed by atoms with Crippen molar-refractivity contribution < 1.29 is 19.0 Å². The summed E-state index contributed by atoms with van der Waals surface area (Å²) in [6.45, 7) is 9.55. The van der Waals surface area contributed by atoms with Crippen LogP contribution < -0.4 is 25.4 Å². The third-order valence-electron chi connectivity index (χ3n) is 3.32. The molecule has 0 saturated heterocycles. The van der Waals surface area contributed by atoms with E-state index in [1.54, 1.807) is 14.2 Å². The molecule has 152 valence electrons. The van der Waals surface area contributed by atoms with Gasteiger partial charge in [0.2, 0.25) is 0 Å². The van der Waals surface area contributed by atoms with Gasteiger partial charge in [-0.2, -0.15) is 0 Å². The summed E-state index contributed by atoms with van der Waals surface area (Å²) in [5.74, 6) is 1.99. The smallest absolute Gasteiger partial charge is 0.407 e. The fraction of sp³-hybridized carbons (Fsp3) is 0.579. The Balaban J connectivity index is 2.60. The van der Waals surface area contributed by atoms with E-state index in [1.165, 1.54) is 0 Å². The van der Waals surface area contributed by atoms with Crippen molar-refractivity contribution in [3.63, 3.8) is 0 Å². The molecule has 0 saturated carbocycles. The number of hydrogen-bond donors (Lipinski definition) is 3. The van der Waals surface area contributed by atoms with E-state index in [-0.39, 0.29) is 0 Å². The second-order valence-electron chi connectivity index (χ2n) is 6.70. The number of ether oxygens (including phenoxy) is 3. The number of benzene rings is 1. The maximum atomic E-state index is 11.6. The van der Waals surface area contributed by atoms with Crippen LogP contribution in [-0.2, 0) is 11.3 Å². The van der Waals surface area contributed by atoms with Crippen molar-refractivity contribution >= 4 is 12.1 Å². The molecule has 27 heavy (non-hydrogen) atoms. The first-order valence-electron chi connectivity index (χ1n) is 8.99. The Hall–Kier alpha value is -2.64. The average Bonchev–Trinajstić information content (AvgIpc) is 2.61. The molecule has 1 aromatic carbocycles. The van der Waals surface area contributed by atoms with Gasteiger partial charge in [0.25, 0.3) is 0 Å². The van der Waals surface area contributed by atoms with Gasteiger partial charge in [0.05, 0.1) is 20.8 Å². The minimum Gasteiger partial charge on any atom is -0.493 e. The van der Waals surface area contributed by atoms with Gasteiger partial charge < -0.3 is 30.2 Å². The van der Waals surface area contributed by atoms with Crippen molar-refractivity contribution in [2.75, 3.05) is 33.9 Å². The van der Waals surface area contributed by atoms with E-state index in [0.717, 1.165) is 12.1 Å². The van der Waals surface area contributed by atoms with Crippen LogP contribution in [-0.4, -0.2) is 51.5 Å². The molecule has 0 heterocycles. The summed E-state index contributed by atoms with van der Waals surface area (Å²) in [6.07, 6.45) is -0.438. The highest BCUT2D eigenvalue weighted by Crippen LogP contribution is 2.30. The summed E-state index contributed by atoms with van der Waals surface area (Å²) in [6, 6.07) is 5.69. The van der Waals surface area contributed by atoms with Crippen LogP contribution in [0.3, 0.4) is 0 Å². The number of carbonyl (C=O) groups is 1. The predicted octanol–water partition coefficient (Wildman–Crippen LogP) is 2.28. The molecule has 0 fully saturated rings. The van der Waals surface area contributed by atoms with Gasteiger partial charge in [-0.25, -0.2) is 9.79 Å². The third-order valence-corrected chi connectivity index (χ3v) is 3.32. The van der Waals surface area contributed by atoms with Crippen molar-refractivity contribution in [3.05, 3.63) is 23.8 Å². The van der Waals surface area contributed by atoms with E-state index >= 15 is 0 Å². The lowest BCUT2D eigenvalue weighted by atomic mass is 10.2. The number of nitrogens with one attached hydrogen (secondary N) is 3. The maximum Gasteiger partial charge on any atom is 0.407 e. The second-order valence-corrected chi connectivity index (χ2v) is 6.70. The monoisotopic (exact) mass is 380 g/mol. The van der Waals surface area contributed by atoms with E-state index < -0.39 is 11.7 Å². The van der Waals surface area contributed by atoms with Gasteiger partial charge in [0, 0.05) is 25.2 Å². The molecule has 0 aliphatic heterocycles. The molecule has 1 rings (SSSR count). The molecule has 0 unspecified atom stereocenters. The molecule has 0 radical (unpaired) electrons. The Kier molecular flexibility index (Phi) is 9.25. The zero-order valence-corrected chi connectivity index (χ0v) is 17.1. The van der Waals surface area contributed by atoms with Crippen molar-refractivity contribution in [2.24, 2.45) is 4.99 Å². The Morgan fingerprint density at radius 1 is 1.07 bits per heavy atom. The topological polar surface area (TPSA) is 93.2 Å². The standard InChI is InChI=1S/C19H32N4O4/c1-7-20-17(21-11-12-22-18(24)27-19(2,3)4)23-13-14-9-8-10-15(25-5)16(14)26-6/h8-10H,7,11-13H2,1-6H3,(H,22,24)(H2,20,21,23). The number of rotatable bonds is 8. The molecule has 1 amide bonds. The fourth-order valence-corrected chi connectivity index (χ4v) is 2.24. The van der Waals surface area contributed by atoms with Crippen LogP contribution in [0.4, 0.5) is 4.79 Å². The lowest BCUT2D eigenvalue weighted by molar-refractivity contribution is 0.0529. The molecule has 0 aromatic heterocycles. The highest BCUT2D eigenvalue weighted by molar-refractivity contribution is 5.79. The summed E-state index contributed by atoms with van der Waals surface area (Å²) in [5, 5.41) is 9.04. The largest absolute Gasteiger partial charge is 0.493 e. The lowest BCUT2D eigenvalue weighted by Crippen LogP contribution is -2.42. The third kappa shape index (κ3) is 8.52. The molecule has 1 aromatic rings. The van der Waals surface area contributed by atoms with Crippen molar-refractivity contribution in [3.8, 4) is 11.5 Å². The van der Waals surface area contributed by atoms with E-state index in [1.807, 2.05) is 45.9 Å². The van der Waals surface area contributed by atoms with Crippen LogP contribution in [0.25, 0.3) is 0 Å². The Labute approximate surface area is 161 Å². The van der Waals surface area contributed by atoms with Crippen molar-refractivity contribution in [1.82, 2.24) is 16.0 Å². The Bertz CT molecular complexity index is 627. The summed E-state index contributed by atoms with van der Waals surface area (Å²) in [4.78, 5) is 16.2. The van der Waals surface area contributed by atoms with Gasteiger partial charge in [0.15, 0.2) is 17.5 Å². The molecule has 8 nitrogen and oxygen atoms in total. The number of aliphatic imine (C=N–C) groups is 1. The fourth-order valence-electron chi connectivity index (χ4n) is 2.24. The molecular weight excluding hydrogens is 348 g/mol. The summed E-state index contributed by atoms with van der Waals surface area (Å²) in [5.41, 5.74) is 0.407.